The Morgan fingerprint density at radius 3 is 2.09 bits per heavy atom. The van der Waals surface area contributed by atoms with Gasteiger partial charge in [0, 0.05) is 6.42 Å². The summed E-state index contributed by atoms with van der Waals surface area (Å²) in [6.45, 7) is 4.39. The Kier molecular flexibility index (Phi) is 3.17. The van der Waals surface area contributed by atoms with Gasteiger partial charge < -0.3 is 5.11 Å². The normalized spacial score (nSPS) is 14.2. The van der Waals surface area contributed by atoms with Crippen LogP contribution < -0.4 is 0 Å². The predicted molar refractivity (Wildman–Crippen MR) is 36.2 cm³/mol. The van der Waals surface area contributed by atoms with Gasteiger partial charge in [0.2, 0.25) is 0 Å². The van der Waals surface area contributed by atoms with Crippen LogP contribution in [0.5, 0.6) is 0 Å². The molecule has 0 amide bonds. The lowest BCUT2D eigenvalue weighted by Gasteiger charge is -2.08. The first-order valence-electron chi connectivity index (χ1n) is 3.05. The molecular weight excluding hydrogens is 157 g/mol. The molecule has 0 aliphatic carbocycles. The second-order valence-corrected chi connectivity index (χ2v) is 1.92. The van der Waals surface area contributed by atoms with E-state index in [1.807, 2.05) is 0 Å². The molecule has 0 aromatic rings. The van der Waals surface area contributed by atoms with Gasteiger partial charge in [-0.25, -0.2) is 0 Å². The SMILES string of the molecule is C=C/C(=C(/O)CC)C(F)(F)F. The summed E-state index contributed by atoms with van der Waals surface area (Å²) in [6, 6.07) is 0. The molecule has 4 heteroatoms. The van der Waals surface area contributed by atoms with Gasteiger partial charge in [-0.1, -0.05) is 19.6 Å². The van der Waals surface area contributed by atoms with Crippen LogP contribution in [0.1, 0.15) is 13.3 Å². The van der Waals surface area contributed by atoms with E-state index in [4.69, 9.17) is 5.11 Å². The molecule has 0 spiro atoms. The second kappa shape index (κ2) is 3.46. The molecule has 0 aliphatic heterocycles. The van der Waals surface area contributed by atoms with Crippen LogP contribution in [0.2, 0.25) is 0 Å². The molecular formula is C7H9F3O. The standard InChI is InChI=1S/C7H9F3O/c1-3-5(6(11)4-2)7(8,9)10/h3,11H,1,4H2,2H3/b6-5-. The van der Waals surface area contributed by atoms with E-state index in [2.05, 4.69) is 6.58 Å². The number of hydrogen-bond donors (Lipinski definition) is 1. The summed E-state index contributed by atoms with van der Waals surface area (Å²) in [5.74, 6) is -0.674. The van der Waals surface area contributed by atoms with Crippen LogP contribution in [0.4, 0.5) is 13.2 Å². The fourth-order valence-corrected chi connectivity index (χ4v) is 0.588. The van der Waals surface area contributed by atoms with E-state index in [0.717, 1.165) is 0 Å². The molecule has 0 heterocycles. The Bertz CT molecular complexity index is 179. The number of halogens is 3. The van der Waals surface area contributed by atoms with Gasteiger partial charge in [0.25, 0.3) is 0 Å². The molecule has 1 nitrogen and oxygen atoms in total. The summed E-state index contributed by atoms with van der Waals surface area (Å²) in [6.07, 6.45) is -3.93. The Labute approximate surface area is 62.8 Å². The maximum Gasteiger partial charge on any atom is 0.419 e. The largest absolute Gasteiger partial charge is 0.512 e. The molecule has 11 heavy (non-hydrogen) atoms. The molecule has 64 valence electrons. The quantitative estimate of drug-likeness (QED) is 0.494. The van der Waals surface area contributed by atoms with Crippen molar-refractivity contribution in [2.45, 2.75) is 19.5 Å². The van der Waals surface area contributed by atoms with E-state index >= 15 is 0 Å². The molecule has 0 atom stereocenters. The first kappa shape index (κ1) is 10.1. The first-order valence-corrected chi connectivity index (χ1v) is 3.05. The summed E-state index contributed by atoms with van der Waals surface area (Å²) >= 11 is 0. The van der Waals surface area contributed by atoms with Crippen LogP contribution in [-0.4, -0.2) is 11.3 Å². The smallest absolute Gasteiger partial charge is 0.419 e. The third kappa shape index (κ3) is 2.65. The average Bonchev–Trinajstić information content (AvgIpc) is 1.86. The van der Waals surface area contributed by atoms with Gasteiger partial charge in [-0.3, -0.25) is 0 Å². The Balaban J connectivity index is 4.80. The van der Waals surface area contributed by atoms with Crippen molar-refractivity contribution in [3.63, 3.8) is 0 Å². The predicted octanol–water partition coefficient (Wildman–Crippen LogP) is 2.96. The first-order chi connectivity index (χ1) is 4.93. The van der Waals surface area contributed by atoms with E-state index in [9.17, 15) is 13.2 Å². The Hall–Kier alpha value is -0.930. The molecule has 0 aromatic heterocycles. The molecule has 0 saturated carbocycles. The van der Waals surface area contributed by atoms with Crippen LogP contribution >= 0.6 is 0 Å². The van der Waals surface area contributed by atoms with Gasteiger partial charge in [0.15, 0.2) is 0 Å². The van der Waals surface area contributed by atoms with E-state index in [0.29, 0.717) is 6.08 Å². The van der Waals surface area contributed by atoms with Crippen molar-refractivity contribution in [2.75, 3.05) is 0 Å². The van der Waals surface area contributed by atoms with Gasteiger partial charge in [-0.2, -0.15) is 13.2 Å². The lowest BCUT2D eigenvalue weighted by molar-refractivity contribution is -0.0909. The number of aliphatic hydroxyl groups is 1. The van der Waals surface area contributed by atoms with Crippen molar-refractivity contribution < 1.29 is 18.3 Å². The minimum absolute atomic E-state index is 0.0408. The van der Waals surface area contributed by atoms with Crippen molar-refractivity contribution in [1.82, 2.24) is 0 Å². The lowest BCUT2D eigenvalue weighted by Crippen LogP contribution is -2.12. The van der Waals surface area contributed by atoms with Crippen molar-refractivity contribution in [1.29, 1.82) is 0 Å². The highest BCUT2D eigenvalue weighted by molar-refractivity contribution is 5.24. The molecule has 1 N–H and O–H groups in total. The highest BCUT2D eigenvalue weighted by Crippen LogP contribution is 2.28. The number of rotatable bonds is 2. The Morgan fingerprint density at radius 2 is 2.00 bits per heavy atom. The zero-order valence-electron chi connectivity index (χ0n) is 6.07. The van der Waals surface area contributed by atoms with E-state index in [1.54, 1.807) is 0 Å². The molecule has 0 saturated heterocycles. The van der Waals surface area contributed by atoms with Crippen LogP contribution in [-0.2, 0) is 0 Å². The molecule has 0 radical (unpaired) electrons. The van der Waals surface area contributed by atoms with E-state index in [-0.39, 0.29) is 6.42 Å². The van der Waals surface area contributed by atoms with Crippen molar-refractivity contribution >= 4 is 0 Å². The van der Waals surface area contributed by atoms with Gasteiger partial charge in [-0.15, -0.1) is 0 Å². The van der Waals surface area contributed by atoms with Gasteiger partial charge >= 0.3 is 6.18 Å². The van der Waals surface area contributed by atoms with E-state index < -0.39 is 17.5 Å². The summed E-state index contributed by atoms with van der Waals surface area (Å²) in [7, 11) is 0. The molecule has 0 fully saturated rings. The zero-order chi connectivity index (χ0) is 9.07. The van der Waals surface area contributed by atoms with Crippen molar-refractivity contribution in [2.24, 2.45) is 0 Å². The fourth-order valence-electron chi connectivity index (χ4n) is 0.588. The third-order valence-corrected chi connectivity index (χ3v) is 1.16. The second-order valence-electron chi connectivity index (χ2n) is 1.92. The average molecular weight is 166 g/mol. The third-order valence-electron chi connectivity index (χ3n) is 1.16. The maximum atomic E-state index is 11.9. The van der Waals surface area contributed by atoms with Crippen LogP contribution in [0.25, 0.3) is 0 Å². The molecule has 0 rings (SSSR count). The highest BCUT2D eigenvalue weighted by atomic mass is 19.4. The van der Waals surface area contributed by atoms with Gasteiger partial charge in [-0.05, 0) is 0 Å². The maximum absolute atomic E-state index is 11.9. The minimum atomic E-state index is -4.50. The van der Waals surface area contributed by atoms with Gasteiger partial charge in [0.05, 0.1) is 5.57 Å². The van der Waals surface area contributed by atoms with Crippen LogP contribution in [0.15, 0.2) is 24.0 Å². The monoisotopic (exact) mass is 166 g/mol. The number of aliphatic hydroxyl groups excluding tert-OH is 1. The van der Waals surface area contributed by atoms with Crippen LogP contribution in [0, 0.1) is 0 Å². The Morgan fingerprint density at radius 1 is 1.55 bits per heavy atom. The summed E-state index contributed by atoms with van der Waals surface area (Å²) in [5.41, 5.74) is -1.06. The van der Waals surface area contributed by atoms with Gasteiger partial charge in [0.1, 0.15) is 5.76 Å². The van der Waals surface area contributed by atoms with Crippen molar-refractivity contribution in [3.05, 3.63) is 24.0 Å². The molecule has 0 bridgehead atoms. The fraction of sp³-hybridized carbons (Fsp3) is 0.429. The molecule has 0 aromatic carbocycles. The number of alkyl halides is 3. The summed E-state index contributed by atoms with van der Waals surface area (Å²) < 4.78 is 35.6. The van der Waals surface area contributed by atoms with E-state index in [1.165, 1.54) is 6.92 Å². The topological polar surface area (TPSA) is 20.2 Å². The van der Waals surface area contributed by atoms with Crippen molar-refractivity contribution in [3.8, 4) is 0 Å². The summed E-state index contributed by atoms with van der Waals surface area (Å²) in [4.78, 5) is 0. The highest BCUT2D eigenvalue weighted by Gasteiger charge is 2.33. The molecule has 0 aliphatic rings. The molecule has 0 unspecified atom stereocenters. The lowest BCUT2D eigenvalue weighted by atomic mass is 10.2. The minimum Gasteiger partial charge on any atom is -0.512 e. The number of hydrogen-bond acceptors (Lipinski definition) is 1. The zero-order valence-corrected chi connectivity index (χ0v) is 6.07. The number of allylic oxidation sites excluding steroid dienone is 3. The summed E-state index contributed by atoms with van der Waals surface area (Å²) in [5, 5.41) is 8.74. The van der Waals surface area contributed by atoms with Crippen LogP contribution in [0.3, 0.4) is 0 Å².